The van der Waals surface area contributed by atoms with Crippen LogP contribution in [-0.4, -0.2) is 9.55 Å². The monoisotopic (exact) mass is 580 g/mol. The first-order valence-electron chi connectivity index (χ1n) is 15.9. The molecule has 2 nitrogen and oxygen atoms in total. The van der Waals surface area contributed by atoms with Gasteiger partial charge in [-0.3, -0.25) is 0 Å². The van der Waals surface area contributed by atoms with E-state index in [1.807, 2.05) is 0 Å². The molecule has 0 radical (unpaired) electrons. The summed E-state index contributed by atoms with van der Waals surface area (Å²) in [5, 5.41) is 2.50. The molecule has 2 aliphatic rings. The lowest BCUT2D eigenvalue weighted by molar-refractivity contribution is 0.704. The van der Waals surface area contributed by atoms with Crippen LogP contribution < -0.4 is 0 Å². The third-order valence-electron chi connectivity index (χ3n) is 9.71. The Balaban J connectivity index is 1.26. The average Bonchev–Trinajstić information content (AvgIpc) is 3.55. The van der Waals surface area contributed by atoms with Crippen molar-refractivity contribution >= 4 is 33.0 Å². The van der Waals surface area contributed by atoms with Crippen molar-refractivity contribution in [2.75, 3.05) is 0 Å². The molecule has 6 aromatic rings. The molecule has 0 aliphatic heterocycles. The molecule has 2 aliphatic carbocycles. The van der Waals surface area contributed by atoms with E-state index in [0.717, 1.165) is 35.4 Å². The summed E-state index contributed by atoms with van der Waals surface area (Å²) in [6, 6.07) is 37.8. The molecule has 1 heterocycles. The summed E-state index contributed by atoms with van der Waals surface area (Å²) in [7, 11) is 0. The normalized spacial score (nSPS) is 16.8. The fourth-order valence-electron chi connectivity index (χ4n) is 7.51. The standard InChI is InChI=1S/C43H36N2/c1-5-45-39-21-12-11-20-38(39)44-42(45)33-18-13-17-30(24-33)31-22-23-32-26-36-37(27-34(32)25-31)43(3,4)41-35-19-10-9-16-29(35)15-8-6-7-14-28(2)40(36)41/h6-14,16-27H,2,5,15H2,1,3-4H3/b8-6-,14-7-. The van der Waals surface area contributed by atoms with Crippen LogP contribution in [0.2, 0.25) is 0 Å². The van der Waals surface area contributed by atoms with Crippen molar-refractivity contribution < 1.29 is 0 Å². The highest BCUT2D eigenvalue weighted by molar-refractivity contribution is 6.10. The number of allylic oxidation sites excluding steroid dienone is 7. The summed E-state index contributed by atoms with van der Waals surface area (Å²) in [6.45, 7) is 12.4. The molecule has 0 unspecified atom stereocenters. The van der Waals surface area contributed by atoms with Gasteiger partial charge in [0.15, 0.2) is 0 Å². The molecule has 8 rings (SSSR count). The van der Waals surface area contributed by atoms with Crippen LogP contribution in [0.5, 0.6) is 0 Å². The van der Waals surface area contributed by atoms with Crippen LogP contribution in [0.4, 0.5) is 0 Å². The smallest absolute Gasteiger partial charge is 0.141 e. The van der Waals surface area contributed by atoms with Crippen molar-refractivity contribution in [1.29, 1.82) is 0 Å². The molecule has 218 valence electrons. The van der Waals surface area contributed by atoms with Crippen LogP contribution in [0.3, 0.4) is 0 Å². The highest BCUT2D eigenvalue weighted by Gasteiger charge is 2.40. The van der Waals surface area contributed by atoms with E-state index in [9.17, 15) is 0 Å². The van der Waals surface area contributed by atoms with Gasteiger partial charge in [0.1, 0.15) is 5.82 Å². The second-order valence-electron chi connectivity index (χ2n) is 12.8. The number of hydrogen-bond acceptors (Lipinski definition) is 1. The minimum Gasteiger partial charge on any atom is -0.324 e. The molecular weight excluding hydrogens is 544 g/mol. The molecule has 1 aromatic heterocycles. The van der Waals surface area contributed by atoms with E-state index in [4.69, 9.17) is 4.98 Å². The van der Waals surface area contributed by atoms with Crippen molar-refractivity contribution in [3.05, 3.63) is 162 Å². The Bertz CT molecular complexity index is 2270. The van der Waals surface area contributed by atoms with E-state index in [1.165, 1.54) is 60.8 Å². The van der Waals surface area contributed by atoms with Crippen molar-refractivity contribution in [1.82, 2.24) is 9.55 Å². The predicted octanol–water partition coefficient (Wildman–Crippen LogP) is 11.0. The zero-order valence-corrected chi connectivity index (χ0v) is 26.1. The molecule has 5 aromatic carbocycles. The molecule has 0 atom stereocenters. The first-order valence-corrected chi connectivity index (χ1v) is 15.9. The van der Waals surface area contributed by atoms with E-state index < -0.39 is 0 Å². The predicted molar refractivity (Wildman–Crippen MR) is 191 cm³/mol. The van der Waals surface area contributed by atoms with Crippen LogP contribution in [0.25, 0.3) is 55.5 Å². The third kappa shape index (κ3) is 4.36. The molecule has 0 saturated heterocycles. The van der Waals surface area contributed by atoms with Crippen LogP contribution in [0.1, 0.15) is 43.0 Å². The minimum absolute atomic E-state index is 0.177. The number of nitrogens with zero attached hydrogens (tertiary/aromatic N) is 2. The Kier molecular flexibility index (Phi) is 6.35. The first-order chi connectivity index (χ1) is 21.9. The van der Waals surface area contributed by atoms with E-state index in [-0.39, 0.29) is 5.41 Å². The fraction of sp³-hybridized carbons (Fsp3) is 0.140. The number of rotatable bonds is 3. The van der Waals surface area contributed by atoms with E-state index in [0.29, 0.717) is 0 Å². The number of para-hydroxylation sites is 2. The van der Waals surface area contributed by atoms with Crippen molar-refractivity contribution in [2.45, 2.75) is 39.2 Å². The van der Waals surface area contributed by atoms with Gasteiger partial charge in [-0.25, -0.2) is 4.98 Å². The molecule has 0 bridgehead atoms. The fourth-order valence-corrected chi connectivity index (χ4v) is 7.51. The van der Waals surface area contributed by atoms with Crippen molar-refractivity contribution in [2.24, 2.45) is 0 Å². The first kappa shape index (κ1) is 27.3. The number of aromatic nitrogens is 2. The highest BCUT2D eigenvalue weighted by atomic mass is 15.1. The van der Waals surface area contributed by atoms with Crippen LogP contribution in [0.15, 0.2) is 140 Å². The number of imidazole rings is 1. The van der Waals surface area contributed by atoms with Gasteiger partial charge in [-0.05, 0) is 111 Å². The van der Waals surface area contributed by atoms with Crippen molar-refractivity contribution in [3.63, 3.8) is 0 Å². The second-order valence-corrected chi connectivity index (χ2v) is 12.8. The lowest BCUT2D eigenvalue weighted by Gasteiger charge is -2.27. The summed E-state index contributed by atoms with van der Waals surface area (Å²) in [6.07, 6.45) is 9.59. The number of benzene rings is 5. The molecular formula is C43H36N2. The topological polar surface area (TPSA) is 17.8 Å². The van der Waals surface area contributed by atoms with Gasteiger partial charge in [0.2, 0.25) is 0 Å². The third-order valence-corrected chi connectivity index (χ3v) is 9.71. The molecule has 0 spiro atoms. The summed E-state index contributed by atoms with van der Waals surface area (Å²) in [4.78, 5) is 5.02. The Morgan fingerprint density at radius 2 is 1.56 bits per heavy atom. The lowest BCUT2D eigenvalue weighted by Crippen LogP contribution is -2.17. The van der Waals surface area contributed by atoms with Gasteiger partial charge >= 0.3 is 0 Å². The summed E-state index contributed by atoms with van der Waals surface area (Å²) in [5.74, 6) is 1.01. The molecule has 0 N–H and O–H groups in total. The largest absolute Gasteiger partial charge is 0.324 e. The quantitative estimate of drug-likeness (QED) is 0.204. The number of aryl methyl sites for hydroxylation is 1. The SMILES string of the molecule is C=C1/C=C\C=C/Cc2ccccc2C2=C1c1cc3ccc(-c4cccc(-c5nc6ccccc6n5CC)c4)cc3cc1C2(C)C. The highest BCUT2D eigenvalue weighted by Crippen LogP contribution is 2.54. The maximum Gasteiger partial charge on any atom is 0.141 e. The summed E-state index contributed by atoms with van der Waals surface area (Å²) < 4.78 is 2.31. The van der Waals surface area contributed by atoms with E-state index in [1.54, 1.807) is 0 Å². The van der Waals surface area contributed by atoms with Gasteiger partial charge in [-0.1, -0.05) is 111 Å². The Hall–Kier alpha value is -5.21. The van der Waals surface area contributed by atoms with Crippen LogP contribution >= 0.6 is 0 Å². The van der Waals surface area contributed by atoms with E-state index in [2.05, 4.69) is 159 Å². The second kappa shape index (κ2) is 10.5. The number of fused-ring (bicyclic) bond motifs is 6. The molecule has 0 amide bonds. The van der Waals surface area contributed by atoms with Gasteiger partial charge < -0.3 is 4.57 Å². The van der Waals surface area contributed by atoms with Gasteiger partial charge in [-0.2, -0.15) is 0 Å². The zero-order chi connectivity index (χ0) is 30.7. The maximum atomic E-state index is 5.02. The summed E-state index contributed by atoms with van der Waals surface area (Å²) in [5.41, 5.74) is 14.6. The van der Waals surface area contributed by atoms with Gasteiger partial charge in [-0.15, -0.1) is 0 Å². The minimum atomic E-state index is -0.177. The van der Waals surface area contributed by atoms with Crippen molar-refractivity contribution in [3.8, 4) is 22.5 Å². The zero-order valence-electron chi connectivity index (χ0n) is 26.1. The number of hydrogen-bond donors (Lipinski definition) is 0. The summed E-state index contributed by atoms with van der Waals surface area (Å²) >= 11 is 0. The Labute approximate surface area is 265 Å². The lowest BCUT2D eigenvalue weighted by atomic mass is 9.76. The molecule has 45 heavy (non-hydrogen) atoms. The Morgan fingerprint density at radius 1 is 0.756 bits per heavy atom. The van der Waals surface area contributed by atoms with Gasteiger partial charge in [0.25, 0.3) is 0 Å². The van der Waals surface area contributed by atoms with Crippen LogP contribution in [-0.2, 0) is 18.4 Å². The average molecular weight is 581 g/mol. The molecule has 0 saturated carbocycles. The van der Waals surface area contributed by atoms with Gasteiger partial charge in [0.05, 0.1) is 11.0 Å². The van der Waals surface area contributed by atoms with Gasteiger partial charge in [0, 0.05) is 17.5 Å². The Morgan fingerprint density at radius 3 is 2.44 bits per heavy atom. The molecule has 0 fully saturated rings. The molecule has 2 heteroatoms. The van der Waals surface area contributed by atoms with Crippen LogP contribution in [0, 0.1) is 0 Å². The van der Waals surface area contributed by atoms with E-state index >= 15 is 0 Å². The maximum absolute atomic E-state index is 5.02.